The molecule has 4 atom stereocenters. The van der Waals surface area contributed by atoms with Crippen LogP contribution in [-0.2, 0) is 16.1 Å². The van der Waals surface area contributed by atoms with Gasteiger partial charge in [0.25, 0.3) is 12.9 Å². The zero-order chi connectivity index (χ0) is 22.2. The average molecular weight is 433 g/mol. The van der Waals surface area contributed by atoms with Gasteiger partial charge in [-0.15, -0.1) is 0 Å². The summed E-state index contributed by atoms with van der Waals surface area (Å²) in [6.45, 7) is 5.01. The molecule has 1 aromatic heterocycles. The van der Waals surface area contributed by atoms with E-state index in [-0.39, 0.29) is 19.0 Å². The van der Waals surface area contributed by atoms with Crippen LogP contribution in [0.25, 0.3) is 11.0 Å². The molecule has 4 N–H and O–H groups in total. The second-order valence-electron chi connectivity index (χ2n) is 8.47. The van der Waals surface area contributed by atoms with E-state index in [0.717, 1.165) is 48.8 Å². The Balaban J connectivity index is 0.000000411. The van der Waals surface area contributed by atoms with Gasteiger partial charge in [0.05, 0.1) is 23.7 Å². The zero-order valence-corrected chi connectivity index (χ0v) is 17.6. The molecule has 31 heavy (non-hydrogen) atoms. The van der Waals surface area contributed by atoms with Crippen LogP contribution in [0.1, 0.15) is 31.5 Å². The highest BCUT2D eigenvalue weighted by molar-refractivity contribution is 5.74. The largest absolute Gasteiger partial charge is 0.483 e. The van der Waals surface area contributed by atoms with E-state index in [1.165, 1.54) is 32.4 Å². The minimum Gasteiger partial charge on any atom is -0.483 e. The monoisotopic (exact) mass is 432 g/mol. The number of imidazole rings is 1. The van der Waals surface area contributed by atoms with Crippen LogP contribution < -0.4 is 0 Å². The Labute approximate surface area is 181 Å². The molecule has 5 rings (SSSR count). The number of hydrogen-bond acceptors (Lipinski definition) is 6. The standard InChI is InChI=1S/C20H28N4O.2CH2O2/c25-19-10-15-12-23(11-14(15)9-18(19)24-7-3-4-8-24)13-20-21-16-5-1-2-6-17(16)22-20;2*2-1-3/h1-2,5-6,14-15,18-19,25H,3-4,7-13H2,(H,21,22);2*1H,(H,2,3)/t14-,15+,18-,19-;;/m1../s1. The van der Waals surface area contributed by atoms with Gasteiger partial charge in [0, 0.05) is 19.1 Å². The highest BCUT2D eigenvalue weighted by Gasteiger charge is 2.43. The van der Waals surface area contributed by atoms with Crippen LogP contribution in [0.2, 0.25) is 0 Å². The number of nitrogens with one attached hydrogen (secondary N) is 1. The van der Waals surface area contributed by atoms with Crippen molar-refractivity contribution in [3.63, 3.8) is 0 Å². The minimum absolute atomic E-state index is 0.134. The maximum absolute atomic E-state index is 10.7. The second kappa shape index (κ2) is 11.2. The summed E-state index contributed by atoms with van der Waals surface area (Å²) in [5.41, 5.74) is 2.18. The Morgan fingerprint density at radius 1 is 1.03 bits per heavy atom. The number of carboxylic acid groups (broad SMARTS) is 2. The first-order valence-electron chi connectivity index (χ1n) is 10.8. The summed E-state index contributed by atoms with van der Waals surface area (Å²) in [7, 11) is 0. The molecule has 0 spiro atoms. The lowest BCUT2D eigenvalue weighted by Crippen LogP contribution is -2.48. The van der Waals surface area contributed by atoms with Gasteiger partial charge in [0.2, 0.25) is 0 Å². The van der Waals surface area contributed by atoms with Crippen molar-refractivity contribution in [2.24, 2.45) is 11.8 Å². The number of aromatic amines is 1. The predicted molar refractivity (Wildman–Crippen MR) is 116 cm³/mol. The van der Waals surface area contributed by atoms with Crippen molar-refractivity contribution < 1.29 is 24.9 Å². The maximum atomic E-state index is 10.7. The van der Waals surface area contributed by atoms with E-state index in [0.29, 0.717) is 12.0 Å². The number of nitrogens with zero attached hydrogens (tertiary/aromatic N) is 3. The number of aliphatic hydroxyl groups excluding tert-OH is 1. The van der Waals surface area contributed by atoms with Crippen molar-refractivity contribution in [1.29, 1.82) is 0 Å². The Hall–Kier alpha value is -2.49. The molecule has 1 aliphatic carbocycles. The first kappa shape index (κ1) is 23.2. The number of aromatic nitrogens is 2. The van der Waals surface area contributed by atoms with Crippen LogP contribution in [0.3, 0.4) is 0 Å². The molecule has 9 nitrogen and oxygen atoms in total. The molecule has 0 amide bonds. The third kappa shape index (κ3) is 5.81. The molecule has 3 aliphatic rings. The summed E-state index contributed by atoms with van der Waals surface area (Å²) in [5.74, 6) is 2.45. The number of para-hydroxylation sites is 2. The lowest BCUT2D eigenvalue weighted by molar-refractivity contribution is -0.123. The quantitative estimate of drug-likeness (QED) is 0.539. The van der Waals surface area contributed by atoms with Crippen molar-refractivity contribution in [2.75, 3.05) is 26.2 Å². The third-order valence-electron chi connectivity index (χ3n) is 6.61. The highest BCUT2D eigenvalue weighted by Crippen LogP contribution is 2.39. The van der Waals surface area contributed by atoms with Crippen LogP contribution in [0.5, 0.6) is 0 Å². The molecule has 1 saturated carbocycles. The second-order valence-corrected chi connectivity index (χ2v) is 8.47. The van der Waals surface area contributed by atoms with E-state index >= 15 is 0 Å². The molecule has 1 aromatic carbocycles. The molecule has 170 valence electrons. The summed E-state index contributed by atoms with van der Waals surface area (Å²) < 4.78 is 0. The summed E-state index contributed by atoms with van der Waals surface area (Å²) in [6.07, 6.45) is 4.61. The molecule has 3 fully saturated rings. The normalized spacial score (nSPS) is 28.2. The number of H-pyrrole nitrogens is 1. The van der Waals surface area contributed by atoms with Gasteiger partial charge in [0.15, 0.2) is 0 Å². The van der Waals surface area contributed by atoms with E-state index in [1.54, 1.807) is 0 Å². The van der Waals surface area contributed by atoms with Crippen LogP contribution in [0.15, 0.2) is 24.3 Å². The first-order chi connectivity index (χ1) is 15.1. The fraction of sp³-hybridized carbons (Fsp3) is 0.591. The number of rotatable bonds is 3. The van der Waals surface area contributed by atoms with Gasteiger partial charge in [-0.2, -0.15) is 0 Å². The van der Waals surface area contributed by atoms with Gasteiger partial charge < -0.3 is 20.3 Å². The van der Waals surface area contributed by atoms with Crippen LogP contribution in [0, 0.1) is 11.8 Å². The van der Waals surface area contributed by atoms with Crippen LogP contribution in [0.4, 0.5) is 0 Å². The lowest BCUT2D eigenvalue weighted by Gasteiger charge is -2.40. The molecule has 0 bridgehead atoms. The molecule has 2 aromatic rings. The molecule has 2 aliphatic heterocycles. The summed E-state index contributed by atoms with van der Waals surface area (Å²) in [6, 6.07) is 8.64. The van der Waals surface area contributed by atoms with E-state index in [1.807, 2.05) is 6.07 Å². The first-order valence-corrected chi connectivity index (χ1v) is 10.8. The van der Waals surface area contributed by atoms with Gasteiger partial charge in [-0.25, -0.2) is 4.98 Å². The number of aliphatic hydroxyl groups is 1. The van der Waals surface area contributed by atoms with Crippen LogP contribution >= 0.6 is 0 Å². The minimum atomic E-state index is -0.250. The Bertz CT molecular complexity index is 799. The lowest BCUT2D eigenvalue weighted by atomic mass is 9.77. The Morgan fingerprint density at radius 2 is 1.65 bits per heavy atom. The number of benzene rings is 1. The topological polar surface area (TPSA) is 130 Å². The number of likely N-dealkylation sites (tertiary alicyclic amines) is 2. The van der Waals surface area contributed by atoms with Gasteiger partial charge in [-0.05, 0) is 62.7 Å². The Kier molecular flexibility index (Phi) is 8.39. The van der Waals surface area contributed by atoms with Gasteiger partial charge >= 0.3 is 0 Å². The van der Waals surface area contributed by atoms with E-state index in [2.05, 4.69) is 33.0 Å². The molecular formula is C22H32N4O5. The molecule has 2 saturated heterocycles. The van der Waals surface area contributed by atoms with E-state index < -0.39 is 0 Å². The number of fused-ring (bicyclic) bond motifs is 2. The fourth-order valence-corrected chi connectivity index (χ4v) is 5.39. The number of hydrogen-bond donors (Lipinski definition) is 4. The predicted octanol–water partition coefficient (Wildman–Crippen LogP) is 1.63. The van der Waals surface area contributed by atoms with Crippen LogP contribution in [-0.4, -0.2) is 86.4 Å². The van der Waals surface area contributed by atoms with Crippen molar-refractivity contribution in [3.8, 4) is 0 Å². The van der Waals surface area contributed by atoms with Gasteiger partial charge in [0.1, 0.15) is 5.82 Å². The van der Waals surface area contributed by atoms with E-state index in [4.69, 9.17) is 24.8 Å². The molecular weight excluding hydrogens is 400 g/mol. The smallest absolute Gasteiger partial charge is 0.290 e. The van der Waals surface area contributed by atoms with Crippen molar-refractivity contribution >= 4 is 24.0 Å². The SMILES string of the molecule is O=CO.O=CO.O[C@@H]1C[C@H]2CN(Cc3nc4ccccc4[nH]3)C[C@H]2C[C@H]1N1CCCC1. The maximum Gasteiger partial charge on any atom is 0.290 e. The van der Waals surface area contributed by atoms with Gasteiger partial charge in [-0.1, -0.05) is 12.1 Å². The Morgan fingerprint density at radius 3 is 2.29 bits per heavy atom. The fourth-order valence-electron chi connectivity index (χ4n) is 5.39. The summed E-state index contributed by atoms with van der Waals surface area (Å²) in [4.78, 5) is 30.0. The van der Waals surface area contributed by atoms with Gasteiger partial charge in [-0.3, -0.25) is 19.4 Å². The van der Waals surface area contributed by atoms with Crippen molar-refractivity contribution in [2.45, 2.75) is 44.4 Å². The van der Waals surface area contributed by atoms with Crippen molar-refractivity contribution in [1.82, 2.24) is 19.8 Å². The summed E-state index contributed by atoms with van der Waals surface area (Å²) in [5, 5.41) is 24.4. The molecule has 0 radical (unpaired) electrons. The molecule has 3 heterocycles. The highest BCUT2D eigenvalue weighted by atomic mass is 16.3. The van der Waals surface area contributed by atoms with E-state index in [9.17, 15) is 5.11 Å². The average Bonchev–Trinajstić information content (AvgIpc) is 3.47. The number of carbonyl (C=O) groups is 2. The zero-order valence-electron chi connectivity index (χ0n) is 17.6. The van der Waals surface area contributed by atoms with Crippen molar-refractivity contribution in [3.05, 3.63) is 30.1 Å². The molecule has 9 heteroatoms. The molecule has 0 unspecified atom stereocenters. The third-order valence-corrected chi connectivity index (χ3v) is 6.61. The summed E-state index contributed by atoms with van der Waals surface area (Å²) >= 11 is 0.